The number of rotatable bonds is 10. The molecule has 0 saturated carbocycles. The van der Waals surface area contributed by atoms with Crippen LogP contribution in [0, 0.1) is 0 Å². The molecule has 0 unspecified atom stereocenters. The van der Waals surface area contributed by atoms with Gasteiger partial charge >= 0.3 is 0 Å². The number of para-hydroxylation sites is 4. The van der Waals surface area contributed by atoms with Crippen molar-refractivity contribution in [2.75, 3.05) is 21.4 Å². The summed E-state index contributed by atoms with van der Waals surface area (Å²) in [4.78, 5) is 12.7. The van der Waals surface area contributed by atoms with Crippen LogP contribution >= 0.6 is 0 Å². The Hall–Kier alpha value is -9.45. The van der Waals surface area contributed by atoms with Crippen molar-refractivity contribution in [3.63, 3.8) is 0 Å². The van der Waals surface area contributed by atoms with Crippen molar-refractivity contribution in [1.82, 2.24) is 9.55 Å². The summed E-state index contributed by atoms with van der Waals surface area (Å²) in [5.41, 5.74) is 20.3. The van der Waals surface area contributed by atoms with Gasteiger partial charge in [0.2, 0.25) is 0 Å². The number of hydrogen-bond acceptors (Lipinski definition) is 4. The molecule has 13 rings (SSSR count). The largest absolute Gasteiger partial charge is 0.347 e. The average Bonchev–Trinajstić information content (AvgIpc) is 4.03. The minimum Gasteiger partial charge on any atom is -0.347 e. The molecule has 5 nitrogen and oxygen atoms in total. The molecule has 0 amide bonds. The smallest absolute Gasteiger partial charge is 0.138 e. The maximum atomic E-state index is 5.25. The molecule has 360 valence electrons. The van der Waals surface area contributed by atoms with E-state index < -0.39 is 0 Å². The second kappa shape index (κ2) is 18.9. The van der Waals surface area contributed by atoms with E-state index in [0.717, 1.165) is 79.5 Å². The highest BCUT2D eigenvalue weighted by Crippen LogP contribution is 2.50. The van der Waals surface area contributed by atoms with Crippen LogP contribution in [0.3, 0.4) is 0 Å². The Morgan fingerprint density at radius 1 is 0.400 bits per heavy atom. The number of anilines is 6. The van der Waals surface area contributed by atoms with Crippen molar-refractivity contribution >= 4 is 55.9 Å². The van der Waals surface area contributed by atoms with Crippen LogP contribution in [-0.4, -0.2) is 21.8 Å². The predicted octanol–water partition coefficient (Wildman–Crippen LogP) is 18.7. The summed E-state index contributed by atoms with van der Waals surface area (Å²) in [6, 6.07) is 94.6. The van der Waals surface area contributed by atoms with E-state index in [1.54, 1.807) is 0 Å². The molecule has 0 saturated heterocycles. The third kappa shape index (κ3) is 8.20. The van der Waals surface area contributed by atoms with Crippen molar-refractivity contribution in [1.29, 1.82) is 0 Å². The molecular weight excluding hydrogens is 911 g/mol. The third-order valence-electron chi connectivity index (χ3n) is 14.8. The van der Waals surface area contributed by atoms with Crippen molar-refractivity contribution in [2.45, 2.75) is 26.3 Å². The van der Waals surface area contributed by atoms with E-state index in [4.69, 9.17) is 4.98 Å². The lowest BCUT2D eigenvalue weighted by molar-refractivity contribution is 0.518. The zero-order valence-corrected chi connectivity index (χ0v) is 42.3. The Morgan fingerprint density at radius 2 is 0.907 bits per heavy atom. The number of pyridine rings is 1. The lowest BCUT2D eigenvalue weighted by Gasteiger charge is -2.34. The SMILES string of the molecule is CC(C)(C)N1CN(c2cccc(N(c3ccc4c5ccccc5n(-c5cc(-c6c(-c7ccccc7)cccc6-c6ccccc6)ccn5)c4c3)c3c(-c4ccccc4)cccc3-c3ccccc3)c2)c2ccccc21. The lowest BCUT2D eigenvalue weighted by Crippen LogP contribution is -2.42. The molecule has 0 bridgehead atoms. The van der Waals surface area contributed by atoms with E-state index in [2.05, 4.69) is 301 Å². The second-order valence-electron chi connectivity index (χ2n) is 20.4. The first-order chi connectivity index (χ1) is 36.9. The first-order valence-electron chi connectivity index (χ1n) is 25.9. The molecular formula is C70H55N5. The van der Waals surface area contributed by atoms with Gasteiger partial charge < -0.3 is 14.7 Å². The van der Waals surface area contributed by atoms with Gasteiger partial charge in [-0.15, -0.1) is 0 Å². The maximum Gasteiger partial charge on any atom is 0.138 e. The molecule has 75 heavy (non-hydrogen) atoms. The van der Waals surface area contributed by atoms with Crippen molar-refractivity contribution in [2.24, 2.45) is 0 Å². The number of nitrogens with zero attached hydrogens (tertiary/aromatic N) is 5. The van der Waals surface area contributed by atoms with Gasteiger partial charge in [0.15, 0.2) is 0 Å². The highest BCUT2D eigenvalue weighted by molar-refractivity contribution is 6.11. The Morgan fingerprint density at radius 3 is 1.52 bits per heavy atom. The summed E-state index contributed by atoms with van der Waals surface area (Å²) in [5, 5.41) is 2.32. The first kappa shape index (κ1) is 45.4. The molecule has 0 aliphatic carbocycles. The Bertz CT molecular complexity index is 3910. The van der Waals surface area contributed by atoms with Crippen LogP contribution in [-0.2, 0) is 0 Å². The molecule has 1 aliphatic heterocycles. The number of aromatic nitrogens is 2. The summed E-state index contributed by atoms with van der Waals surface area (Å²) in [7, 11) is 0. The molecule has 1 aliphatic rings. The van der Waals surface area contributed by atoms with Gasteiger partial charge in [0.25, 0.3) is 0 Å². The van der Waals surface area contributed by atoms with E-state index in [-0.39, 0.29) is 5.54 Å². The van der Waals surface area contributed by atoms with Gasteiger partial charge in [0.1, 0.15) is 5.82 Å². The molecule has 0 atom stereocenters. The van der Waals surface area contributed by atoms with Crippen LogP contribution in [0.4, 0.5) is 34.1 Å². The minimum atomic E-state index is -0.0780. The van der Waals surface area contributed by atoms with Crippen LogP contribution < -0.4 is 14.7 Å². The highest BCUT2D eigenvalue weighted by atomic mass is 15.4. The second-order valence-corrected chi connectivity index (χ2v) is 20.4. The molecule has 5 heteroatoms. The lowest BCUT2D eigenvalue weighted by atomic mass is 9.88. The quantitative estimate of drug-likeness (QED) is 0.136. The standard InChI is InChI=1S/C70H55N5/c1-70(2,3)73-48-72(64-39-18-19-40-65(64)73)54-31-20-32-55(46-54)74(69-59(51-27-12-6-13-28-51)36-22-37-60(69)52-29-14-7-15-30-52)56-41-42-62-61-33-16-17-38-63(61)75(66(62)47-56)67-45-53(43-44-71-67)68-57(49-23-8-4-9-24-49)34-21-35-58(68)50-25-10-5-11-26-50/h4-47H,48H2,1-3H3. The van der Waals surface area contributed by atoms with Crippen molar-refractivity contribution in [3.05, 3.63) is 267 Å². The molecule has 3 heterocycles. The molecule has 2 aromatic heterocycles. The maximum absolute atomic E-state index is 5.25. The third-order valence-corrected chi connectivity index (χ3v) is 14.8. The summed E-state index contributed by atoms with van der Waals surface area (Å²) >= 11 is 0. The molecule has 0 radical (unpaired) electrons. The van der Waals surface area contributed by atoms with Gasteiger partial charge in [-0.2, -0.15) is 0 Å². The zero-order valence-electron chi connectivity index (χ0n) is 42.3. The van der Waals surface area contributed by atoms with Crippen molar-refractivity contribution in [3.8, 4) is 61.5 Å². The van der Waals surface area contributed by atoms with Gasteiger partial charge in [0, 0.05) is 50.7 Å². The fourth-order valence-corrected chi connectivity index (χ4v) is 11.3. The highest BCUT2D eigenvalue weighted by Gasteiger charge is 2.34. The van der Waals surface area contributed by atoms with E-state index in [1.165, 1.54) is 44.6 Å². The first-order valence-corrected chi connectivity index (χ1v) is 25.9. The molecule has 12 aromatic rings. The average molecular weight is 966 g/mol. The fourth-order valence-electron chi connectivity index (χ4n) is 11.3. The van der Waals surface area contributed by atoms with Gasteiger partial charge in [-0.25, -0.2) is 4.98 Å². The predicted molar refractivity (Wildman–Crippen MR) is 316 cm³/mol. The number of benzene rings is 10. The van der Waals surface area contributed by atoms with Crippen LogP contribution in [0.5, 0.6) is 0 Å². The van der Waals surface area contributed by atoms with Crippen LogP contribution in [0.25, 0.3) is 83.3 Å². The topological polar surface area (TPSA) is 27.5 Å². The molecule has 10 aromatic carbocycles. The summed E-state index contributed by atoms with van der Waals surface area (Å²) in [6.07, 6.45) is 1.98. The van der Waals surface area contributed by atoms with Crippen molar-refractivity contribution < 1.29 is 0 Å². The monoisotopic (exact) mass is 965 g/mol. The molecule has 0 fully saturated rings. The molecule has 0 spiro atoms. The van der Waals surface area contributed by atoms with Gasteiger partial charge in [-0.3, -0.25) is 4.57 Å². The summed E-state index contributed by atoms with van der Waals surface area (Å²) in [5.74, 6) is 0.844. The Labute approximate surface area is 439 Å². The van der Waals surface area contributed by atoms with Gasteiger partial charge in [-0.1, -0.05) is 200 Å². The van der Waals surface area contributed by atoms with Crippen LogP contribution in [0.1, 0.15) is 20.8 Å². The van der Waals surface area contributed by atoms with Crippen LogP contribution in [0.2, 0.25) is 0 Å². The fraction of sp³-hybridized carbons (Fsp3) is 0.0714. The molecule has 0 N–H and O–H groups in total. The number of fused-ring (bicyclic) bond motifs is 4. The minimum absolute atomic E-state index is 0.0780. The van der Waals surface area contributed by atoms with E-state index in [9.17, 15) is 0 Å². The Balaban J connectivity index is 1.05. The normalized spacial score (nSPS) is 12.4. The zero-order chi connectivity index (χ0) is 50.5. The van der Waals surface area contributed by atoms with Crippen LogP contribution in [0.15, 0.2) is 267 Å². The van der Waals surface area contributed by atoms with Gasteiger partial charge in [0.05, 0.1) is 34.8 Å². The number of hydrogen-bond donors (Lipinski definition) is 0. The Kier molecular flexibility index (Phi) is 11.4. The van der Waals surface area contributed by atoms with E-state index >= 15 is 0 Å². The van der Waals surface area contributed by atoms with Gasteiger partial charge in [-0.05, 0) is 126 Å². The summed E-state index contributed by atoms with van der Waals surface area (Å²) in [6.45, 7) is 7.63. The van der Waals surface area contributed by atoms with E-state index in [0.29, 0.717) is 0 Å². The van der Waals surface area contributed by atoms with E-state index in [1.807, 2.05) is 6.20 Å². The summed E-state index contributed by atoms with van der Waals surface area (Å²) < 4.78 is 2.36.